The fourth-order valence-electron chi connectivity index (χ4n) is 2.56. The number of carbonyl (C=O) groups excluding carboxylic acids is 1. The second-order valence-electron chi connectivity index (χ2n) is 5.28. The molecule has 1 aromatic rings. The van der Waals surface area contributed by atoms with E-state index in [2.05, 4.69) is 5.32 Å². The van der Waals surface area contributed by atoms with E-state index in [-0.39, 0.29) is 11.9 Å². The third kappa shape index (κ3) is 3.85. The fourth-order valence-corrected chi connectivity index (χ4v) is 2.76. The maximum atomic E-state index is 12.3. The number of carboxylic acids is 1. The lowest BCUT2D eigenvalue weighted by molar-refractivity contribution is -0.147. The van der Waals surface area contributed by atoms with Gasteiger partial charge in [-0.25, -0.2) is 0 Å². The highest BCUT2D eigenvalue weighted by Crippen LogP contribution is 2.27. The summed E-state index contributed by atoms with van der Waals surface area (Å²) >= 11 is 5.94. The Morgan fingerprint density at radius 2 is 1.95 bits per heavy atom. The Morgan fingerprint density at radius 1 is 1.29 bits per heavy atom. The van der Waals surface area contributed by atoms with Crippen molar-refractivity contribution in [2.45, 2.75) is 25.8 Å². The van der Waals surface area contributed by atoms with Gasteiger partial charge in [0, 0.05) is 5.02 Å². The number of hydrogen-bond acceptors (Lipinski definition) is 2. The monoisotopic (exact) mass is 307 g/mol. The van der Waals surface area contributed by atoms with Gasteiger partial charge in [-0.2, -0.15) is 0 Å². The Morgan fingerprint density at radius 3 is 2.57 bits per heavy atom. The van der Waals surface area contributed by atoms with Crippen LogP contribution < -0.4 is 5.32 Å². The molecule has 1 aliphatic rings. The summed E-state index contributed by atoms with van der Waals surface area (Å²) in [6, 6.07) is 7.06. The van der Waals surface area contributed by atoms with Gasteiger partial charge in [-0.05, 0) is 37.5 Å². The topological polar surface area (TPSA) is 66.4 Å². The van der Waals surface area contributed by atoms with Crippen LogP contribution in [-0.4, -0.2) is 17.0 Å². The van der Waals surface area contributed by atoms with Gasteiger partial charge in [0.15, 0.2) is 0 Å². The SMILES string of the molecule is CC(NC(=O)C1CC=CCC1C(=O)O)c1cccc(Cl)c1. The summed E-state index contributed by atoms with van der Waals surface area (Å²) in [6.45, 7) is 1.86. The Kier molecular flexibility index (Phi) is 5.02. The van der Waals surface area contributed by atoms with Crippen molar-refractivity contribution >= 4 is 23.5 Å². The van der Waals surface area contributed by atoms with E-state index < -0.39 is 17.8 Å². The smallest absolute Gasteiger partial charge is 0.307 e. The molecule has 5 heteroatoms. The van der Waals surface area contributed by atoms with E-state index in [0.717, 1.165) is 5.56 Å². The predicted octanol–water partition coefficient (Wildman–Crippen LogP) is 3.18. The normalized spacial score (nSPS) is 22.6. The quantitative estimate of drug-likeness (QED) is 0.840. The van der Waals surface area contributed by atoms with E-state index in [9.17, 15) is 14.7 Å². The van der Waals surface area contributed by atoms with Crippen molar-refractivity contribution in [2.24, 2.45) is 11.8 Å². The Bertz CT molecular complexity index is 570. The average Bonchev–Trinajstić information content (AvgIpc) is 2.47. The Balaban J connectivity index is 2.06. The van der Waals surface area contributed by atoms with Gasteiger partial charge in [0.05, 0.1) is 17.9 Å². The van der Waals surface area contributed by atoms with Gasteiger partial charge >= 0.3 is 5.97 Å². The molecule has 0 spiro atoms. The first-order valence-corrected chi connectivity index (χ1v) is 7.30. The summed E-state index contributed by atoms with van der Waals surface area (Å²) in [5.74, 6) is -2.31. The molecular weight excluding hydrogens is 290 g/mol. The molecule has 0 aromatic heterocycles. The molecule has 2 rings (SSSR count). The van der Waals surface area contributed by atoms with Gasteiger partial charge in [-0.1, -0.05) is 35.9 Å². The van der Waals surface area contributed by atoms with Crippen LogP contribution in [0.3, 0.4) is 0 Å². The first kappa shape index (κ1) is 15.6. The third-order valence-electron chi connectivity index (χ3n) is 3.79. The molecule has 1 amide bonds. The van der Waals surface area contributed by atoms with Crippen LogP contribution in [0, 0.1) is 11.8 Å². The zero-order chi connectivity index (χ0) is 15.4. The van der Waals surface area contributed by atoms with Gasteiger partial charge in [0.2, 0.25) is 5.91 Å². The minimum Gasteiger partial charge on any atom is -0.481 e. The van der Waals surface area contributed by atoms with Gasteiger partial charge in [-0.15, -0.1) is 0 Å². The molecule has 0 saturated heterocycles. The maximum Gasteiger partial charge on any atom is 0.307 e. The molecule has 4 nitrogen and oxygen atoms in total. The molecule has 0 fully saturated rings. The van der Waals surface area contributed by atoms with Crippen LogP contribution in [0.15, 0.2) is 36.4 Å². The molecule has 3 unspecified atom stereocenters. The molecule has 0 heterocycles. The van der Waals surface area contributed by atoms with Crippen molar-refractivity contribution in [1.82, 2.24) is 5.32 Å². The maximum absolute atomic E-state index is 12.3. The van der Waals surface area contributed by atoms with Crippen LogP contribution >= 0.6 is 11.6 Å². The molecule has 0 radical (unpaired) electrons. The van der Waals surface area contributed by atoms with E-state index in [4.69, 9.17) is 11.6 Å². The number of rotatable bonds is 4. The largest absolute Gasteiger partial charge is 0.481 e. The third-order valence-corrected chi connectivity index (χ3v) is 4.03. The van der Waals surface area contributed by atoms with Crippen LogP contribution in [0.4, 0.5) is 0 Å². The van der Waals surface area contributed by atoms with Crippen molar-refractivity contribution in [3.63, 3.8) is 0 Å². The number of carbonyl (C=O) groups is 2. The summed E-state index contributed by atoms with van der Waals surface area (Å²) in [5.41, 5.74) is 0.897. The van der Waals surface area contributed by atoms with Gasteiger partial charge in [-0.3, -0.25) is 9.59 Å². The van der Waals surface area contributed by atoms with Crippen molar-refractivity contribution in [3.05, 3.63) is 47.0 Å². The van der Waals surface area contributed by atoms with Gasteiger partial charge in [0.25, 0.3) is 0 Å². The number of amides is 1. The number of allylic oxidation sites excluding steroid dienone is 2. The Labute approximate surface area is 128 Å². The summed E-state index contributed by atoms with van der Waals surface area (Å²) in [5, 5.41) is 12.7. The van der Waals surface area contributed by atoms with Crippen LogP contribution in [-0.2, 0) is 9.59 Å². The number of halogens is 1. The summed E-state index contributed by atoms with van der Waals surface area (Å²) in [7, 11) is 0. The molecule has 0 saturated carbocycles. The molecule has 0 aliphatic heterocycles. The van der Waals surface area contributed by atoms with E-state index in [0.29, 0.717) is 17.9 Å². The lowest BCUT2D eigenvalue weighted by Crippen LogP contribution is -2.39. The van der Waals surface area contributed by atoms with E-state index in [1.807, 2.05) is 31.2 Å². The molecule has 21 heavy (non-hydrogen) atoms. The molecule has 2 N–H and O–H groups in total. The van der Waals surface area contributed by atoms with Gasteiger partial charge in [0.1, 0.15) is 0 Å². The summed E-state index contributed by atoms with van der Waals surface area (Å²) in [4.78, 5) is 23.6. The van der Waals surface area contributed by atoms with Crippen LogP contribution in [0.1, 0.15) is 31.4 Å². The van der Waals surface area contributed by atoms with E-state index in [1.54, 1.807) is 12.1 Å². The number of carboxylic acid groups (broad SMARTS) is 1. The molecule has 1 aliphatic carbocycles. The van der Waals surface area contributed by atoms with Gasteiger partial charge < -0.3 is 10.4 Å². The molecule has 112 valence electrons. The number of hydrogen-bond donors (Lipinski definition) is 2. The molecular formula is C16H18ClNO3. The van der Waals surface area contributed by atoms with Crippen LogP contribution in [0.5, 0.6) is 0 Å². The van der Waals surface area contributed by atoms with Crippen molar-refractivity contribution in [3.8, 4) is 0 Å². The first-order valence-electron chi connectivity index (χ1n) is 6.92. The first-order chi connectivity index (χ1) is 9.99. The second-order valence-corrected chi connectivity index (χ2v) is 5.72. The lowest BCUT2D eigenvalue weighted by atomic mass is 9.82. The average molecular weight is 308 g/mol. The highest BCUT2D eigenvalue weighted by molar-refractivity contribution is 6.30. The van der Waals surface area contributed by atoms with Crippen LogP contribution in [0.2, 0.25) is 5.02 Å². The highest BCUT2D eigenvalue weighted by atomic mass is 35.5. The number of aliphatic carboxylic acids is 1. The minimum absolute atomic E-state index is 0.212. The number of nitrogens with one attached hydrogen (secondary N) is 1. The molecule has 0 bridgehead atoms. The van der Waals surface area contributed by atoms with Crippen molar-refractivity contribution in [1.29, 1.82) is 0 Å². The lowest BCUT2D eigenvalue weighted by Gasteiger charge is -2.26. The predicted molar refractivity (Wildman–Crippen MR) is 81.0 cm³/mol. The number of benzene rings is 1. The van der Waals surface area contributed by atoms with E-state index in [1.165, 1.54) is 0 Å². The fraction of sp³-hybridized carbons (Fsp3) is 0.375. The Hall–Kier alpha value is -1.81. The summed E-state index contributed by atoms with van der Waals surface area (Å²) in [6.07, 6.45) is 4.56. The minimum atomic E-state index is -0.921. The van der Waals surface area contributed by atoms with Crippen LogP contribution in [0.25, 0.3) is 0 Å². The van der Waals surface area contributed by atoms with Crippen molar-refractivity contribution in [2.75, 3.05) is 0 Å². The second kappa shape index (κ2) is 6.76. The molecule has 3 atom stereocenters. The van der Waals surface area contributed by atoms with Crippen molar-refractivity contribution < 1.29 is 14.7 Å². The molecule has 1 aromatic carbocycles. The van der Waals surface area contributed by atoms with E-state index >= 15 is 0 Å². The zero-order valence-corrected chi connectivity index (χ0v) is 12.5. The standard InChI is InChI=1S/C16H18ClNO3/c1-10(11-5-4-6-12(17)9-11)18-15(19)13-7-2-3-8-14(13)16(20)21/h2-6,9-10,13-14H,7-8H2,1H3,(H,18,19)(H,20,21). The summed E-state index contributed by atoms with van der Waals surface area (Å²) < 4.78 is 0. The highest BCUT2D eigenvalue weighted by Gasteiger charge is 2.34. The zero-order valence-electron chi connectivity index (χ0n) is 11.8.